The fourth-order valence-corrected chi connectivity index (χ4v) is 2.02. The molecular formula is C17H17NO5. The topological polar surface area (TPSA) is 99.8 Å². The van der Waals surface area contributed by atoms with Gasteiger partial charge in [-0.2, -0.15) is 0 Å². The van der Waals surface area contributed by atoms with Gasteiger partial charge in [0.1, 0.15) is 22.8 Å². The Bertz CT molecular complexity index is 773. The van der Waals surface area contributed by atoms with Crippen LogP contribution in [-0.4, -0.2) is 22.1 Å². The highest BCUT2D eigenvalue weighted by Crippen LogP contribution is 2.22. The predicted octanol–water partition coefficient (Wildman–Crippen LogP) is 3.29. The molecule has 0 atom stereocenters. The number of aromatic carboxylic acids is 1. The van der Waals surface area contributed by atoms with Crippen LogP contribution in [0, 0.1) is 0 Å². The number of nitrogens with one attached hydrogen (secondary N) is 1. The number of hydrogen-bond donors (Lipinski definition) is 3. The van der Waals surface area contributed by atoms with Crippen molar-refractivity contribution in [3.63, 3.8) is 0 Å². The van der Waals surface area contributed by atoms with Gasteiger partial charge in [0, 0.05) is 24.3 Å². The maximum atomic E-state index is 12.0. The summed E-state index contributed by atoms with van der Waals surface area (Å²) in [6.45, 7) is 3.73. The Labute approximate surface area is 133 Å². The van der Waals surface area contributed by atoms with Gasteiger partial charge in [-0.05, 0) is 36.8 Å². The molecule has 3 N–H and O–H groups in total. The zero-order valence-electron chi connectivity index (χ0n) is 12.8. The number of furan rings is 1. The number of phenols is 1. The fraction of sp³-hybridized carbons (Fsp3) is 0.176. The van der Waals surface area contributed by atoms with Gasteiger partial charge in [-0.1, -0.05) is 6.92 Å². The highest BCUT2D eigenvalue weighted by molar-refractivity contribution is 6.04. The monoisotopic (exact) mass is 315 g/mol. The van der Waals surface area contributed by atoms with Crippen molar-refractivity contribution in [2.75, 3.05) is 5.32 Å². The lowest BCUT2D eigenvalue weighted by molar-refractivity contribution is -0.111. The van der Waals surface area contributed by atoms with Crippen molar-refractivity contribution in [2.24, 2.45) is 0 Å². The van der Waals surface area contributed by atoms with E-state index >= 15 is 0 Å². The lowest BCUT2D eigenvalue weighted by Gasteiger charge is -2.05. The predicted molar refractivity (Wildman–Crippen MR) is 85.4 cm³/mol. The Hall–Kier alpha value is -3.02. The van der Waals surface area contributed by atoms with Crippen LogP contribution < -0.4 is 5.32 Å². The van der Waals surface area contributed by atoms with E-state index in [0.717, 1.165) is 12.2 Å². The van der Waals surface area contributed by atoms with Crippen molar-refractivity contribution >= 4 is 23.1 Å². The maximum absolute atomic E-state index is 12.0. The average Bonchev–Trinajstić information content (AvgIpc) is 2.95. The van der Waals surface area contributed by atoms with Crippen LogP contribution in [0.4, 0.5) is 5.69 Å². The minimum atomic E-state index is -1.24. The molecule has 6 nitrogen and oxygen atoms in total. The van der Waals surface area contributed by atoms with E-state index in [1.54, 1.807) is 13.0 Å². The van der Waals surface area contributed by atoms with Crippen molar-refractivity contribution in [3.8, 4) is 5.75 Å². The lowest BCUT2D eigenvalue weighted by atomic mass is 10.1. The molecule has 0 aliphatic heterocycles. The highest BCUT2D eigenvalue weighted by Gasteiger charge is 2.11. The number of hydrogen-bond acceptors (Lipinski definition) is 4. The SMILES string of the molecule is CCc1ccc(C(C)=CC(=O)Nc2ccc(C(=O)O)c(O)c2)o1. The first-order chi connectivity index (χ1) is 10.9. The van der Waals surface area contributed by atoms with Gasteiger partial charge in [0.25, 0.3) is 0 Å². The van der Waals surface area contributed by atoms with Crippen LogP contribution in [0.15, 0.2) is 40.8 Å². The van der Waals surface area contributed by atoms with Crippen molar-refractivity contribution in [1.29, 1.82) is 0 Å². The summed E-state index contributed by atoms with van der Waals surface area (Å²) in [7, 11) is 0. The average molecular weight is 315 g/mol. The van der Waals surface area contributed by atoms with Gasteiger partial charge in [0.2, 0.25) is 5.91 Å². The van der Waals surface area contributed by atoms with Crippen LogP contribution in [0.1, 0.15) is 35.7 Å². The van der Waals surface area contributed by atoms with E-state index in [2.05, 4.69) is 5.32 Å². The smallest absolute Gasteiger partial charge is 0.339 e. The van der Waals surface area contributed by atoms with E-state index in [9.17, 15) is 14.7 Å². The number of carboxylic acids is 1. The molecule has 2 rings (SSSR count). The van der Waals surface area contributed by atoms with Gasteiger partial charge in [-0.3, -0.25) is 4.79 Å². The third-order valence-corrected chi connectivity index (χ3v) is 3.24. The molecule has 1 amide bonds. The molecule has 120 valence electrons. The molecule has 0 aliphatic rings. The molecule has 0 aliphatic carbocycles. The third-order valence-electron chi connectivity index (χ3n) is 3.24. The summed E-state index contributed by atoms with van der Waals surface area (Å²) in [6.07, 6.45) is 2.15. The second-order valence-corrected chi connectivity index (χ2v) is 4.97. The van der Waals surface area contributed by atoms with Gasteiger partial charge >= 0.3 is 5.97 Å². The number of allylic oxidation sites excluding steroid dienone is 1. The van der Waals surface area contributed by atoms with Crippen LogP contribution in [0.3, 0.4) is 0 Å². The first kappa shape index (κ1) is 16.4. The van der Waals surface area contributed by atoms with Crippen molar-refractivity contribution in [3.05, 3.63) is 53.5 Å². The minimum absolute atomic E-state index is 0.225. The minimum Gasteiger partial charge on any atom is -0.507 e. The molecule has 1 aromatic heterocycles. The second kappa shape index (κ2) is 6.83. The highest BCUT2D eigenvalue weighted by atomic mass is 16.4. The lowest BCUT2D eigenvalue weighted by Crippen LogP contribution is -2.09. The number of anilines is 1. The molecule has 0 saturated carbocycles. The van der Waals surface area contributed by atoms with Crippen LogP contribution in [-0.2, 0) is 11.2 Å². The molecule has 0 spiro atoms. The number of aryl methyl sites for hydroxylation is 1. The van der Waals surface area contributed by atoms with E-state index in [-0.39, 0.29) is 5.56 Å². The first-order valence-electron chi connectivity index (χ1n) is 7.05. The number of aromatic hydroxyl groups is 1. The fourth-order valence-electron chi connectivity index (χ4n) is 2.02. The summed E-state index contributed by atoms with van der Waals surface area (Å²) >= 11 is 0. The van der Waals surface area contributed by atoms with Crippen LogP contribution in [0.5, 0.6) is 5.75 Å². The van der Waals surface area contributed by atoms with Crippen molar-refractivity contribution < 1.29 is 24.2 Å². The molecule has 1 aromatic carbocycles. The molecule has 23 heavy (non-hydrogen) atoms. The summed E-state index contributed by atoms with van der Waals surface area (Å²) in [5.74, 6) is -0.599. The number of carbonyl (C=O) groups excluding carboxylic acids is 1. The number of carbonyl (C=O) groups is 2. The zero-order valence-corrected chi connectivity index (χ0v) is 12.8. The summed E-state index contributed by atoms with van der Waals surface area (Å²) in [4.78, 5) is 22.8. The van der Waals surface area contributed by atoms with Gasteiger partial charge in [0.05, 0.1) is 0 Å². The first-order valence-corrected chi connectivity index (χ1v) is 7.05. The Morgan fingerprint density at radius 1 is 1.26 bits per heavy atom. The molecule has 1 heterocycles. The number of benzene rings is 1. The van der Waals surface area contributed by atoms with Gasteiger partial charge in [0.15, 0.2) is 0 Å². The Morgan fingerprint density at radius 3 is 2.57 bits per heavy atom. The Balaban J connectivity index is 2.11. The third kappa shape index (κ3) is 4.00. The van der Waals surface area contributed by atoms with Crippen LogP contribution >= 0.6 is 0 Å². The van der Waals surface area contributed by atoms with Gasteiger partial charge < -0.3 is 19.9 Å². The summed E-state index contributed by atoms with van der Waals surface area (Å²) in [5.41, 5.74) is 0.737. The number of rotatable bonds is 5. The van der Waals surface area contributed by atoms with Crippen LogP contribution in [0.2, 0.25) is 0 Å². The molecule has 0 bridgehead atoms. The zero-order chi connectivity index (χ0) is 17.0. The molecular weight excluding hydrogens is 298 g/mol. The summed E-state index contributed by atoms with van der Waals surface area (Å²) < 4.78 is 5.55. The quantitative estimate of drug-likeness (QED) is 0.735. The standard InChI is InChI=1S/C17H17NO5/c1-3-12-5-7-15(23-12)10(2)8-16(20)18-11-4-6-13(17(21)22)14(19)9-11/h4-9,19H,3H2,1-2H3,(H,18,20)(H,21,22). The normalized spacial score (nSPS) is 11.3. The van der Waals surface area contributed by atoms with E-state index in [1.165, 1.54) is 24.3 Å². The maximum Gasteiger partial charge on any atom is 0.339 e. The summed E-state index contributed by atoms with van der Waals surface area (Å²) in [6, 6.07) is 7.47. The second-order valence-electron chi connectivity index (χ2n) is 4.97. The van der Waals surface area contributed by atoms with Gasteiger partial charge in [-0.25, -0.2) is 4.79 Å². The van der Waals surface area contributed by atoms with Crippen molar-refractivity contribution in [2.45, 2.75) is 20.3 Å². The Morgan fingerprint density at radius 2 is 2.00 bits per heavy atom. The van der Waals surface area contributed by atoms with Crippen molar-refractivity contribution in [1.82, 2.24) is 0 Å². The molecule has 0 radical (unpaired) electrons. The number of amides is 1. The molecule has 0 fully saturated rings. The van der Waals surface area contributed by atoms with Crippen LogP contribution in [0.25, 0.3) is 5.57 Å². The van der Waals surface area contributed by atoms with E-state index in [4.69, 9.17) is 9.52 Å². The Kier molecular flexibility index (Phi) is 4.85. The summed E-state index contributed by atoms with van der Waals surface area (Å²) in [5, 5.41) is 21.0. The molecule has 0 saturated heterocycles. The number of carboxylic acid groups (broad SMARTS) is 1. The van der Waals surface area contributed by atoms with E-state index < -0.39 is 17.6 Å². The van der Waals surface area contributed by atoms with Gasteiger partial charge in [-0.15, -0.1) is 0 Å². The molecule has 2 aromatic rings. The molecule has 0 unspecified atom stereocenters. The van der Waals surface area contributed by atoms with E-state index in [0.29, 0.717) is 17.0 Å². The molecule has 6 heteroatoms. The van der Waals surface area contributed by atoms with E-state index in [1.807, 2.05) is 13.0 Å². The largest absolute Gasteiger partial charge is 0.507 e.